The van der Waals surface area contributed by atoms with Crippen molar-refractivity contribution in [2.45, 2.75) is 4.90 Å². The van der Waals surface area contributed by atoms with Crippen molar-refractivity contribution in [3.8, 4) is 16.9 Å². The number of thioether (sulfide) groups is 1. The maximum Gasteiger partial charge on any atom is 0.277 e. The minimum Gasteiger partial charge on any atom is -0.483 e. The summed E-state index contributed by atoms with van der Waals surface area (Å²) in [4.78, 5) is 13.2. The highest BCUT2D eigenvalue weighted by Crippen LogP contribution is 2.29. The Balaban J connectivity index is 1.56. The number of hydrogen-bond acceptors (Lipinski definition) is 4. The molecule has 3 aromatic rings. The summed E-state index contributed by atoms with van der Waals surface area (Å²) in [5.74, 6) is 0.352. The molecule has 0 bridgehead atoms. The minimum absolute atomic E-state index is 0.105. The van der Waals surface area contributed by atoms with E-state index < -0.39 is 0 Å². The molecule has 3 rings (SSSR count). The van der Waals surface area contributed by atoms with E-state index in [4.69, 9.17) is 4.74 Å². The molecule has 136 valence electrons. The fraction of sp³-hybridized carbons (Fsp3) is 0.0909. The summed E-state index contributed by atoms with van der Waals surface area (Å²) in [6.07, 6.45) is 3.64. The third-order valence-corrected chi connectivity index (χ3v) is 4.59. The van der Waals surface area contributed by atoms with Gasteiger partial charge in [0.2, 0.25) is 0 Å². The first kappa shape index (κ1) is 18.7. The Morgan fingerprint density at radius 3 is 2.44 bits per heavy atom. The molecule has 0 heterocycles. The largest absolute Gasteiger partial charge is 0.483 e. The van der Waals surface area contributed by atoms with Crippen LogP contribution >= 0.6 is 11.8 Å². The van der Waals surface area contributed by atoms with E-state index in [-0.39, 0.29) is 12.5 Å². The summed E-state index contributed by atoms with van der Waals surface area (Å²) in [7, 11) is 0. The third-order valence-electron chi connectivity index (χ3n) is 3.85. The number of carbonyl (C=O) groups is 1. The van der Waals surface area contributed by atoms with E-state index in [1.165, 1.54) is 4.90 Å². The van der Waals surface area contributed by atoms with Crippen LogP contribution in [0.15, 0.2) is 88.9 Å². The van der Waals surface area contributed by atoms with Crippen LogP contribution in [0.1, 0.15) is 5.56 Å². The first-order valence-electron chi connectivity index (χ1n) is 8.49. The van der Waals surface area contributed by atoms with Crippen molar-refractivity contribution in [3.63, 3.8) is 0 Å². The monoisotopic (exact) mass is 376 g/mol. The van der Waals surface area contributed by atoms with E-state index in [9.17, 15) is 4.79 Å². The van der Waals surface area contributed by atoms with Crippen LogP contribution in [-0.2, 0) is 4.79 Å². The van der Waals surface area contributed by atoms with Gasteiger partial charge in [-0.2, -0.15) is 5.10 Å². The molecule has 27 heavy (non-hydrogen) atoms. The maximum absolute atomic E-state index is 12.0. The predicted octanol–water partition coefficient (Wildman–Crippen LogP) is 4.60. The normalized spacial score (nSPS) is 10.7. The lowest BCUT2D eigenvalue weighted by atomic mass is 10.1. The second-order valence-corrected chi connectivity index (χ2v) is 6.60. The van der Waals surface area contributed by atoms with Gasteiger partial charge in [-0.05, 0) is 35.6 Å². The van der Waals surface area contributed by atoms with E-state index in [0.29, 0.717) is 5.75 Å². The van der Waals surface area contributed by atoms with E-state index in [0.717, 1.165) is 16.7 Å². The molecule has 1 N–H and O–H groups in total. The van der Waals surface area contributed by atoms with Crippen molar-refractivity contribution in [2.75, 3.05) is 12.9 Å². The highest BCUT2D eigenvalue weighted by Gasteiger charge is 2.07. The van der Waals surface area contributed by atoms with E-state index in [1.54, 1.807) is 18.0 Å². The molecule has 0 atom stereocenters. The van der Waals surface area contributed by atoms with Gasteiger partial charge in [0.15, 0.2) is 6.61 Å². The van der Waals surface area contributed by atoms with Gasteiger partial charge in [0.1, 0.15) is 5.75 Å². The quantitative estimate of drug-likeness (QED) is 0.372. The number of benzene rings is 3. The number of nitrogens with zero attached hydrogens (tertiary/aromatic N) is 1. The van der Waals surface area contributed by atoms with Gasteiger partial charge in [-0.1, -0.05) is 60.7 Å². The zero-order chi connectivity index (χ0) is 18.9. The second kappa shape index (κ2) is 9.59. The van der Waals surface area contributed by atoms with Gasteiger partial charge in [-0.25, -0.2) is 5.43 Å². The standard InChI is InChI=1S/C22H20N2O2S/c1-27-19-13-11-17(12-14-19)15-23-24-22(25)16-26-21-10-6-5-9-20(21)18-7-3-2-4-8-18/h2-15H,16H2,1H3,(H,24,25)/b23-15+. The highest BCUT2D eigenvalue weighted by molar-refractivity contribution is 7.98. The molecule has 0 saturated heterocycles. The Labute approximate surface area is 163 Å². The lowest BCUT2D eigenvalue weighted by Crippen LogP contribution is -2.24. The van der Waals surface area contributed by atoms with E-state index >= 15 is 0 Å². The average Bonchev–Trinajstić information content (AvgIpc) is 2.73. The molecule has 4 nitrogen and oxygen atoms in total. The Morgan fingerprint density at radius 2 is 1.70 bits per heavy atom. The van der Waals surface area contributed by atoms with Crippen molar-refractivity contribution < 1.29 is 9.53 Å². The van der Waals surface area contributed by atoms with Crippen LogP contribution in [0.25, 0.3) is 11.1 Å². The summed E-state index contributed by atoms with van der Waals surface area (Å²) < 4.78 is 5.70. The van der Waals surface area contributed by atoms with Crippen molar-refractivity contribution in [1.29, 1.82) is 0 Å². The number of hydrogen-bond donors (Lipinski definition) is 1. The molecule has 3 aromatic carbocycles. The number of ether oxygens (including phenoxy) is 1. The zero-order valence-corrected chi connectivity index (χ0v) is 15.8. The molecule has 0 aliphatic carbocycles. The molecule has 0 saturated carbocycles. The van der Waals surface area contributed by atoms with Gasteiger partial charge in [0, 0.05) is 10.5 Å². The van der Waals surface area contributed by atoms with Crippen LogP contribution in [0.3, 0.4) is 0 Å². The van der Waals surface area contributed by atoms with Crippen LogP contribution in [0.5, 0.6) is 5.75 Å². The number of amides is 1. The fourth-order valence-corrected chi connectivity index (χ4v) is 2.90. The van der Waals surface area contributed by atoms with Gasteiger partial charge in [-0.15, -0.1) is 11.8 Å². The van der Waals surface area contributed by atoms with Crippen LogP contribution in [0.4, 0.5) is 0 Å². The van der Waals surface area contributed by atoms with E-state index in [2.05, 4.69) is 10.5 Å². The van der Waals surface area contributed by atoms with Gasteiger partial charge in [-0.3, -0.25) is 4.79 Å². The molecule has 5 heteroatoms. The highest BCUT2D eigenvalue weighted by atomic mass is 32.2. The lowest BCUT2D eigenvalue weighted by Gasteiger charge is -2.10. The fourth-order valence-electron chi connectivity index (χ4n) is 2.49. The van der Waals surface area contributed by atoms with Crippen LogP contribution in [0.2, 0.25) is 0 Å². The Bertz CT molecular complexity index is 909. The van der Waals surface area contributed by atoms with Crippen molar-refractivity contribution in [3.05, 3.63) is 84.4 Å². The average molecular weight is 376 g/mol. The van der Waals surface area contributed by atoms with Gasteiger partial charge in [0.25, 0.3) is 5.91 Å². The predicted molar refractivity (Wildman–Crippen MR) is 111 cm³/mol. The smallest absolute Gasteiger partial charge is 0.277 e. The molecule has 1 amide bonds. The summed E-state index contributed by atoms with van der Waals surface area (Å²) in [5.41, 5.74) is 5.40. The van der Waals surface area contributed by atoms with Gasteiger partial charge >= 0.3 is 0 Å². The second-order valence-electron chi connectivity index (χ2n) is 5.72. The first-order valence-corrected chi connectivity index (χ1v) is 9.72. The van der Waals surface area contributed by atoms with Crippen molar-refractivity contribution in [2.24, 2.45) is 5.10 Å². The van der Waals surface area contributed by atoms with E-state index in [1.807, 2.05) is 85.1 Å². The van der Waals surface area contributed by atoms with Crippen LogP contribution < -0.4 is 10.2 Å². The molecular formula is C22H20N2O2S. The maximum atomic E-state index is 12.0. The molecule has 0 unspecified atom stereocenters. The summed E-state index contributed by atoms with van der Waals surface area (Å²) in [6, 6.07) is 25.5. The Hall–Kier alpha value is -3.05. The lowest BCUT2D eigenvalue weighted by molar-refractivity contribution is -0.123. The van der Waals surface area contributed by atoms with Gasteiger partial charge in [0.05, 0.1) is 6.21 Å². The van der Waals surface area contributed by atoms with Gasteiger partial charge < -0.3 is 4.74 Å². The number of hydrazone groups is 1. The van der Waals surface area contributed by atoms with Crippen LogP contribution in [-0.4, -0.2) is 25.0 Å². The molecule has 0 aromatic heterocycles. The molecule has 0 aliphatic heterocycles. The number of para-hydroxylation sites is 1. The SMILES string of the molecule is CSc1ccc(/C=N/NC(=O)COc2ccccc2-c2ccccc2)cc1. The summed E-state index contributed by atoms with van der Waals surface area (Å²) >= 11 is 1.68. The zero-order valence-electron chi connectivity index (χ0n) is 15.0. The third kappa shape index (κ3) is 5.46. The molecule has 0 aliphatic rings. The number of rotatable bonds is 7. The van der Waals surface area contributed by atoms with Crippen molar-refractivity contribution in [1.82, 2.24) is 5.43 Å². The van der Waals surface area contributed by atoms with Crippen LogP contribution in [0, 0.1) is 0 Å². The number of carbonyl (C=O) groups excluding carboxylic acids is 1. The Morgan fingerprint density at radius 1 is 1.00 bits per heavy atom. The molecule has 0 spiro atoms. The summed E-state index contributed by atoms with van der Waals surface area (Å²) in [6.45, 7) is -0.105. The topological polar surface area (TPSA) is 50.7 Å². The molecule has 0 radical (unpaired) electrons. The minimum atomic E-state index is -0.310. The Kier molecular flexibility index (Phi) is 6.66. The van der Waals surface area contributed by atoms with Crippen molar-refractivity contribution >= 4 is 23.9 Å². The first-order chi connectivity index (χ1) is 13.3. The summed E-state index contributed by atoms with van der Waals surface area (Å²) in [5, 5.41) is 3.98. The number of nitrogens with one attached hydrogen (secondary N) is 1. The molecular weight excluding hydrogens is 356 g/mol. The molecule has 0 fully saturated rings.